The Hall–Kier alpha value is -1.90. The third-order valence-electron chi connectivity index (χ3n) is 3.33. The molecule has 1 aliphatic rings. The highest BCUT2D eigenvalue weighted by Crippen LogP contribution is 2.42. The minimum atomic E-state index is -0.754. The molecule has 0 amide bonds. The van der Waals surface area contributed by atoms with Crippen LogP contribution >= 0.6 is 0 Å². The van der Waals surface area contributed by atoms with E-state index in [1.807, 2.05) is 30.3 Å². The standard InChI is InChI=1S/C14H13NO2/c16-14(17)13(9-5-6-9)12-7-10-3-1-2-4-11(10)8-15-12/h1-4,7-9,13H,5-6H2,(H,16,17). The number of carboxylic acid groups (broad SMARTS) is 1. The molecule has 1 heterocycles. The number of benzene rings is 1. The molecule has 1 atom stereocenters. The van der Waals surface area contributed by atoms with Crippen LogP contribution < -0.4 is 0 Å². The van der Waals surface area contributed by atoms with Crippen LogP contribution in [0.5, 0.6) is 0 Å². The fourth-order valence-electron chi connectivity index (χ4n) is 2.27. The summed E-state index contributed by atoms with van der Waals surface area (Å²) >= 11 is 0. The lowest BCUT2D eigenvalue weighted by molar-refractivity contribution is -0.139. The lowest BCUT2D eigenvalue weighted by Crippen LogP contribution is -2.15. The van der Waals surface area contributed by atoms with E-state index in [9.17, 15) is 9.90 Å². The molecule has 1 aliphatic carbocycles. The molecular formula is C14H13NO2. The van der Waals surface area contributed by atoms with Gasteiger partial charge in [0.25, 0.3) is 0 Å². The summed E-state index contributed by atoms with van der Waals surface area (Å²) in [5.74, 6) is -0.906. The quantitative estimate of drug-likeness (QED) is 0.877. The van der Waals surface area contributed by atoms with Gasteiger partial charge in [-0.1, -0.05) is 24.3 Å². The van der Waals surface area contributed by atoms with Gasteiger partial charge in [-0.3, -0.25) is 9.78 Å². The number of rotatable bonds is 3. The Labute approximate surface area is 99.1 Å². The predicted molar refractivity (Wildman–Crippen MR) is 64.8 cm³/mol. The van der Waals surface area contributed by atoms with Crippen LogP contribution in [0.4, 0.5) is 0 Å². The molecule has 3 heteroatoms. The maximum Gasteiger partial charge on any atom is 0.312 e. The number of aromatic nitrogens is 1. The fraction of sp³-hybridized carbons (Fsp3) is 0.286. The van der Waals surface area contributed by atoms with E-state index in [0.717, 1.165) is 23.6 Å². The number of hydrogen-bond donors (Lipinski definition) is 1. The van der Waals surface area contributed by atoms with Gasteiger partial charge in [0.15, 0.2) is 0 Å². The fourth-order valence-corrected chi connectivity index (χ4v) is 2.27. The molecule has 86 valence electrons. The average Bonchev–Trinajstić information content (AvgIpc) is 3.13. The third-order valence-corrected chi connectivity index (χ3v) is 3.33. The van der Waals surface area contributed by atoms with Crippen LogP contribution in [0.3, 0.4) is 0 Å². The highest BCUT2D eigenvalue weighted by atomic mass is 16.4. The smallest absolute Gasteiger partial charge is 0.312 e. The lowest BCUT2D eigenvalue weighted by Gasteiger charge is -2.11. The van der Waals surface area contributed by atoms with E-state index in [0.29, 0.717) is 5.69 Å². The molecule has 2 aromatic rings. The number of fused-ring (bicyclic) bond motifs is 1. The van der Waals surface area contributed by atoms with Gasteiger partial charge in [-0.15, -0.1) is 0 Å². The molecule has 1 N–H and O–H groups in total. The zero-order chi connectivity index (χ0) is 11.8. The predicted octanol–water partition coefficient (Wildman–Crippen LogP) is 2.81. The van der Waals surface area contributed by atoms with Crippen molar-refractivity contribution in [2.75, 3.05) is 0 Å². The second kappa shape index (κ2) is 3.84. The minimum Gasteiger partial charge on any atom is -0.481 e. The Balaban J connectivity index is 2.07. The van der Waals surface area contributed by atoms with Crippen molar-refractivity contribution in [3.8, 4) is 0 Å². The van der Waals surface area contributed by atoms with Crippen molar-refractivity contribution in [2.24, 2.45) is 5.92 Å². The molecule has 1 unspecified atom stereocenters. The summed E-state index contributed by atoms with van der Waals surface area (Å²) in [4.78, 5) is 15.6. The number of carbonyl (C=O) groups is 1. The molecule has 3 nitrogen and oxygen atoms in total. The van der Waals surface area contributed by atoms with E-state index in [-0.39, 0.29) is 5.92 Å². The molecule has 1 fully saturated rings. The van der Waals surface area contributed by atoms with Crippen LogP contribution in [0.1, 0.15) is 24.5 Å². The Morgan fingerprint density at radius 3 is 2.65 bits per heavy atom. The van der Waals surface area contributed by atoms with Crippen LogP contribution in [0.2, 0.25) is 0 Å². The number of carboxylic acids is 1. The summed E-state index contributed by atoms with van der Waals surface area (Å²) in [5.41, 5.74) is 0.693. The maximum absolute atomic E-state index is 11.3. The van der Waals surface area contributed by atoms with Crippen molar-refractivity contribution in [1.29, 1.82) is 0 Å². The van der Waals surface area contributed by atoms with Gasteiger partial charge >= 0.3 is 5.97 Å². The third kappa shape index (κ3) is 1.88. The molecule has 3 rings (SSSR count). The largest absolute Gasteiger partial charge is 0.481 e. The summed E-state index contributed by atoms with van der Waals surface area (Å²) in [6, 6.07) is 9.80. The van der Waals surface area contributed by atoms with Gasteiger partial charge in [0, 0.05) is 11.6 Å². The number of pyridine rings is 1. The van der Waals surface area contributed by atoms with E-state index in [1.165, 1.54) is 0 Å². The summed E-state index contributed by atoms with van der Waals surface area (Å²) in [6.45, 7) is 0. The monoisotopic (exact) mass is 227 g/mol. The first kappa shape index (κ1) is 10.3. The maximum atomic E-state index is 11.3. The molecule has 0 saturated heterocycles. The van der Waals surface area contributed by atoms with E-state index in [2.05, 4.69) is 4.98 Å². The van der Waals surface area contributed by atoms with Crippen molar-refractivity contribution >= 4 is 16.7 Å². The molecule has 17 heavy (non-hydrogen) atoms. The van der Waals surface area contributed by atoms with Gasteiger partial charge < -0.3 is 5.11 Å². The second-order valence-electron chi connectivity index (χ2n) is 4.61. The summed E-state index contributed by atoms with van der Waals surface area (Å²) < 4.78 is 0. The van der Waals surface area contributed by atoms with Crippen molar-refractivity contribution in [3.63, 3.8) is 0 Å². The van der Waals surface area contributed by atoms with Gasteiger partial charge in [0.1, 0.15) is 5.92 Å². The molecule has 1 aromatic carbocycles. The Morgan fingerprint density at radius 2 is 2.00 bits per heavy atom. The van der Waals surface area contributed by atoms with Gasteiger partial charge in [-0.2, -0.15) is 0 Å². The molecule has 0 bridgehead atoms. The van der Waals surface area contributed by atoms with Gasteiger partial charge in [-0.25, -0.2) is 0 Å². The Kier molecular flexibility index (Phi) is 2.32. The lowest BCUT2D eigenvalue weighted by atomic mass is 9.98. The normalized spacial score (nSPS) is 16.9. The van der Waals surface area contributed by atoms with Crippen molar-refractivity contribution in [2.45, 2.75) is 18.8 Å². The molecule has 0 spiro atoms. The van der Waals surface area contributed by atoms with Crippen LogP contribution in [-0.4, -0.2) is 16.1 Å². The van der Waals surface area contributed by atoms with Crippen LogP contribution in [0.25, 0.3) is 10.8 Å². The van der Waals surface area contributed by atoms with Crippen LogP contribution in [0, 0.1) is 5.92 Å². The van der Waals surface area contributed by atoms with E-state index in [1.54, 1.807) is 6.20 Å². The van der Waals surface area contributed by atoms with Crippen molar-refractivity contribution in [1.82, 2.24) is 4.98 Å². The average molecular weight is 227 g/mol. The first-order chi connectivity index (χ1) is 8.25. The molecule has 1 saturated carbocycles. The highest BCUT2D eigenvalue weighted by molar-refractivity contribution is 5.84. The summed E-state index contributed by atoms with van der Waals surface area (Å²) in [6.07, 6.45) is 3.78. The van der Waals surface area contributed by atoms with Gasteiger partial charge in [0.05, 0.1) is 5.69 Å². The number of aliphatic carboxylic acids is 1. The molecular weight excluding hydrogens is 214 g/mol. The topological polar surface area (TPSA) is 50.2 Å². The molecule has 0 aliphatic heterocycles. The Bertz CT molecular complexity index is 575. The van der Waals surface area contributed by atoms with Gasteiger partial charge in [0.2, 0.25) is 0 Å². The second-order valence-corrected chi connectivity index (χ2v) is 4.61. The zero-order valence-corrected chi connectivity index (χ0v) is 9.34. The minimum absolute atomic E-state index is 0.279. The molecule has 1 aromatic heterocycles. The SMILES string of the molecule is O=C(O)C(c1cc2ccccc2cn1)C1CC1. The van der Waals surface area contributed by atoms with Crippen molar-refractivity contribution in [3.05, 3.63) is 42.2 Å². The van der Waals surface area contributed by atoms with Gasteiger partial charge in [-0.05, 0) is 30.2 Å². The van der Waals surface area contributed by atoms with Crippen LogP contribution in [0.15, 0.2) is 36.5 Å². The Morgan fingerprint density at radius 1 is 1.29 bits per heavy atom. The first-order valence-corrected chi connectivity index (χ1v) is 5.83. The van der Waals surface area contributed by atoms with Crippen LogP contribution in [-0.2, 0) is 4.79 Å². The summed E-state index contributed by atoms with van der Waals surface area (Å²) in [5, 5.41) is 11.4. The molecule has 0 radical (unpaired) electrons. The first-order valence-electron chi connectivity index (χ1n) is 5.83. The highest BCUT2D eigenvalue weighted by Gasteiger charge is 2.38. The number of nitrogens with zero attached hydrogens (tertiary/aromatic N) is 1. The van der Waals surface area contributed by atoms with E-state index < -0.39 is 11.9 Å². The van der Waals surface area contributed by atoms with E-state index >= 15 is 0 Å². The zero-order valence-electron chi connectivity index (χ0n) is 9.34. The van der Waals surface area contributed by atoms with E-state index in [4.69, 9.17) is 0 Å². The van der Waals surface area contributed by atoms with Crippen molar-refractivity contribution < 1.29 is 9.90 Å². The number of hydrogen-bond acceptors (Lipinski definition) is 2. The summed E-state index contributed by atoms with van der Waals surface area (Å²) in [7, 11) is 0.